The number of halogens is 1. The number of hydrogen-bond acceptors (Lipinski definition) is 4. The average molecular weight is 289 g/mol. The number of methoxy groups -OCH3 is 1. The van der Waals surface area contributed by atoms with E-state index in [-0.39, 0.29) is 17.6 Å². The maximum Gasteiger partial charge on any atom is 0.165 e. The number of rotatable bonds is 5. The number of aromatic nitrogens is 1. The Balaban J connectivity index is 2.12. The normalized spacial score (nSPS) is 11.9. The number of pyridine rings is 1. The molecule has 1 heterocycles. The Morgan fingerprint density at radius 3 is 2.57 bits per heavy atom. The lowest BCUT2D eigenvalue weighted by molar-refractivity contribution is 0.385. The highest BCUT2D eigenvalue weighted by Crippen LogP contribution is 2.25. The quantitative estimate of drug-likeness (QED) is 0.914. The molecule has 1 aromatic carbocycles. The van der Waals surface area contributed by atoms with Gasteiger partial charge in [-0.05, 0) is 36.8 Å². The summed E-state index contributed by atoms with van der Waals surface area (Å²) in [5.41, 5.74) is 1.86. The Labute approximate surface area is 124 Å². The molecule has 2 rings (SSSR count). The molecule has 0 bridgehead atoms. The second kappa shape index (κ2) is 6.43. The minimum Gasteiger partial charge on any atom is -0.494 e. The van der Waals surface area contributed by atoms with Crippen LogP contribution >= 0.6 is 0 Å². The first-order valence-electron chi connectivity index (χ1n) is 6.74. The third-order valence-electron chi connectivity index (χ3n) is 3.26. The zero-order chi connectivity index (χ0) is 15.4. The van der Waals surface area contributed by atoms with Crippen molar-refractivity contribution in [3.05, 3.63) is 47.9 Å². The number of nitrogens with one attached hydrogen (secondary N) is 1. The monoisotopic (exact) mass is 289 g/mol. The molecule has 112 valence electrons. The fourth-order valence-electron chi connectivity index (χ4n) is 2.02. The summed E-state index contributed by atoms with van der Waals surface area (Å²) in [5, 5.41) is 3.34. The van der Waals surface area contributed by atoms with Gasteiger partial charge in [-0.2, -0.15) is 0 Å². The summed E-state index contributed by atoms with van der Waals surface area (Å²) in [4.78, 5) is 6.29. The van der Waals surface area contributed by atoms with Gasteiger partial charge in [-0.3, -0.25) is 0 Å². The first-order valence-corrected chi connectivity index (χ1v) is 6.74. The Kier molecular flexibility index (Phi) is 4.62. The van der Waals surface area contributed by atoms with E-state index < -0.39 is 0 Å². The van der Waals surface area contributed by atoms with Gasteiger partial charge in [0.2, 0.25) is 0 Å². The van der Waals surface area contributed by atoms with Crippen molar-refractivity contribution in [1.29, 1.82) is 0 Å². The van der Waals surface area contributed by atoms with Crippen LogP contribution in [0.3, 0.4) is 0 Å². The molecule has 1 unspecified atom stereocenters. The Morgan fingerprint density at radius 1 is 1.24 bits per heavy atom. The Hall–Kier alpha value is -2.30. The van der Waals surface area contributed by atoms with Gasteiger partial charge in [0.25, 0.3) is 0 Å². The maximum atomic E-state index is 13.4. The molecule has 0 amide bonds. The molecule has 0 aliphatic heterocycles. The lowest BCUT2D eigenvalue weighted by Gasteiger charge is -2.17. The number of anilines is 2. The van der Waals surface area contributed by atoms with Crippen LogP contribution in [0.25, 0.3) is 0 Å². The van der Waals surface area contributed by atoms with Crippen LogP contribution in [0.1, 0.15) is 18.5 Å². The molecular weight excluding hydrogens is 269 g/mol. The van der Waals surface area contributed by atoms with Crippen LogP contribution in [0.4, 0.5) is 15.9 Å². The fraction of sp³-hybridized carbons (Fsp3) is 0.312. The van der Waals surface area contributed by atoms with Crippen molar-refractivity contribution >= 4 is 11.5 Å². The summed E-state index contributed by atoms with van der Waals surface area (Å²) in [6, 6.07) is 8.80. The zero-order valence-corrected chi connectivity index (χ0v) is 12.7. The molecule has 0 aliphatic rings. The standard InChI is InChI=1S/C16H20FN3O/c1-11(12-5-7-14(17)15(9-12)21-4)19-13-6-8-16(18-10-13)20(2)3/h5-11,19H,1-4H3. The van der Waals surface area contributed by atoms with Gasteiger partial charge in [0.05, 0.1) is 19.0 Å². The third-order valence-corrected chi connectivity index (χ3v) is 3.26. The predicted molar refractivity (Wildman–Crippen MR) is 83.6 cm³/mol. The summed E-state index contributed by atoms with van der Waals surface area (Å²) in [5.74, 6) is 0.796. The smallest absolute Gasteiger partial charge is 0.165 e. The van der Waals surface area contributed by atoms with Gasteiger partial charge in [-0.25, -0.2) is 9.37 Å². The zero-order valence-electron chi connectivity index (χ0n) is 12.7. The molecule has 1 aromatic heterocycles. The molecule has 0 saturated carbocycles. The van der Waals surface area contributed by atoms with E-state index in [4.69, 9.17) is 4.74 Å². The molecule has 0 aliphatic carbocycles. The largest absolute Gasteiger partial charge is 0.494 e. The first kappa shape index (κ1) is 15.1. The summed E-state index contributed by atoms with van der Waals surface area (Å²) in [6.45, 7) is 2.01. The van der Waals surface area contributed by atoms with E-state index in [1.165, 1.54) is 13.2 Å². The van der Waals surface area contributed by atoms with E-state index in [0.29, 0.717) is 0 Å². The van der Waals surface area contributed by atoms with Crippen molar-refractivity contribution in [1.82, 2.24) is 4.98 Å². The minimum atomic E-state index is -0.356. The highest BCUT2D eigenvalue weighted by Gasteiger charge is 2.10. The van der Waals surface area contributed by atoms with Crippen LogP contribution in [0.15, 0.2) is 36.5 Å². The van der Waals surface area contributed by atoms with Crippen LogP contribution in [-0.2, 0) is 0 Å². The molecular formula is C16H20FN3O. The van der Waals surface area contributed by atoms with E-state index in [0.717, 1.165) is 17.1 Å². The van der Waals surface area contributed by atoms with Gasteiger partial charge in [0.1, 0.15) is 5.82 Å². The molecule has 5 heteroatoms. The van der Waals surface area contributed by atoms with Gasteiger partial charge in [-0.1, -0.05) is 6.07 Å². The lowest BCUT2D eigenvalue weighted by atomic mass is 10.1. The molecule has 1 atom stereocenters. The molecule has 21 heavy (non-hydrogen) atoms. The fourth-order valence-corrected chi connectivity index (χ4v) is 2.02. The SMILES string of the molecule is COc1cc(C(C)Nc2ccc(N(C)C)nc2)ccc1F. The van der Waals surface area contributed by atoms with Crippen LogP contribution in [-0.4, -0.2) is 26.2 Å². The second-order valence-corrected chi connectivity index (χ2v) is 5.06. The molecule has 0 fully saturated rings. The van der Waals surface area contributed by atoms with Crippen molar-refractivity contribution in [2.45, 2.75) is 13.0 Å². The van der Waals surface area contributed by atoms with Crippen LogP contribution < -0.4 is 15.0 Å². The van der Waals surface area contributed by atoms with E-state index in [1.54, 1.807) is 18.3 Å². The molecule has 0 saturated heterocycles. The first-order chi connectivity index (χ1) is 10.0. The van der Waals surface area contributed by atoms with Gasteiger partial charge in [-0.15, -0.1) is 0 Å². The van der Waals surface area contributed by atoms with E-state index in [9.17, 15) is 4.39 Å². The topological polar surface area (TPSA) is 37.4 Å². The summed E-state index contributed by atoms with van der Waals surface area (Å²) in [6.07, 6.45) is 1.78. The van der Waals surface area contributed by atoms with Crippen molar-refractivity contribution < 1.29 is 9.13 Å². The average Bonchev–Trinajstić information content (AvgIpc) is 2.48. The maximum absolute atomic E-state index is 13.4. The molecule has 2 aromatic rings. The van der Waals surface area contributed by atoms with Gasteiger partial charge in [0, 0.05) is 20.1 Å². The number of hydrogen-bond donors (Lipinski definition) is 1. The van der Waals surface area contributed by atoms with Crippen LogP contribution in [0, 0.1) is 5.82 Å². The predicted octanol–water partition coefficient (Wildman–Crippen LogP) is 3.47. The number of benzene rings is 1. The highest BCUT2D eigenvalue weighted by molar-refractivity contribution is 5.49. The Bertz CT molecular complexity index is 599. The van der Waals surface area contributed by atoms with E-state index in [1.807, 2.05) is 38.1 Å². The van der Waals surface area contributed by atoms with Crippen molar-refractivity contribution in [2.24, 2.45) is 0 Å². The second-order valence-electron chi connectivity index (χ2n) is 5.06. The molecule has 4 nitrogen and oxygen atoms in total. The Morgan fingerprint density at radius 2 is 2.00 bits per heavy atom. The lowest BCUT2D eigenvalue weighted by Crippen LogP contribution is -2.11. The van der Waals surface area contributed by atoms with E-state index >= 15 is 0 Å². The van der Waals surface area contributed by atoms with Gasteiger partial charge in [0.15, 0.2) is 11.6 Å². The number of ether oxygens (including phenoxy) is 1. The third kappa shape index (κ3) is 3.62. The summed E-state index contributed by atoms with van der Waals surface area (Å²) in [7, 11) is 5.36. The minimum absolute atomic E-state index is 0.0199. The van der Waals surface area contributed by atoms with E-state index in [2.05, 4.69) is 10.3 Å². The highest BCUT2D eigenvalue weighted by atomic mass is 19.1. The van der Waals surface area contributed by atoms with Gasteiger partial charge >= 0.3 is 0 Å². The molecule has 0 spiro atoms. The van der Waals surface area contributed by atoms with Crippen molar-refractivity contribution in [3.8, 4) is 5.75 Å². The van der Waals surface area contributed by atoms with Crippen molar-refractivity contribution in [3.63, 3.8) is 0 Å². The molecule has 0 radical (unpaired) electrons. The van der Waals surface area contributed by atoms with Crippen LogP contribution in [0.5, 0.6) is 5.75 Å². The van der Waals surface area contributed by atoms with Crippen molar-refractivity contribution in [2.75, 3.05) is 31.4 Å². The molecule has 1 N–H and O–H groups in total. The van der Waals surface area contributed by atoms with Gasteiger partial charge < -0.3 is 15.0 Å². The summed E-state index contributed by atoms with van der Waals surface area (Å²) >= 11 is 0. The van der Waals surface area contributed by atoms with Crippen LogP contribution in [0.2, 0.25) is 0 Å². The summed E-state index contributed by atoms with van der Waals surface area (Å²) < 4.78 is 18.4. The number of nitrogens with zero attached hydrogens (tertiary/aromatic N) is 2.